The predicted octanol–water partition coefficient (Wildman–Crippen LogP) is 2.24. The number of hydrogen-bond acceptors (Lipinski definition) is 4. The van der Waals surface area contributed by atoms with Crippen LogP contribution in [0.3, 0.4) is 0 Å². The zero-order chi connectivity index (χ0) is 16.3. The van der Waals surface area contributed by atoms with Gasteiger partial charge in [0.1, 0.15) is 5.76 Å². The van der Waals surface area contributed by atoms with E-state index in [1.165, 1.54) is 0 Å². The van der Waals surface area contributed by atoms with E-state index in [9.17, 15) is 4.79 Å². The van der Waals surface area contributed by atoms with Gasteiger partial charge >= 0.3 is 0 Å². The highest BCUT2D eigenvalue weighted by Gasteiger charge is 2.22. The number of carbonyl (C=O) groups excluding carboxylic acids is 1. The van der Waals surface area contributed by atoms with Crippen molar-refractivity contribution in [3.63, 3.8) is 0 Å². The topological polar surface area (TPSA) is 71.5 Å². The third kappa shape index (κ3) is 3.06. The van der Waals surface area contributed by atoms with Gasteiger partial charge in [0, 0.05) is 30.5 Å². The van der Waals surface area contributed by atoms with Crippen LogP contribution >= 0.6 is 0 Å². The van der Waals surface area contributed by atoms with Gasteiger partial charge in [0.2, 0.25) is 0 Å². The molecule has 0 fully saturated rings. The average Bonchev–Trinajstić information content (AvgIpc) is 3.01. The SMILES string of the molecule is CCCN(CCO)C(=O)c1cc(C)n(-c2cc(C)on2)c1C. The molecule has 0 saturated carbocycles. The summed E-state index contributed by atoms with van der Waals surface area (Å²) in [6, 6.07) is 3.70. The van der Waals surface area contributed by atoms with E-state index in [4.69, 9.17) is 9.63 Å². The van der Waals surface area contributed by atoms with Crippen LogP contribution in [0, 0.1) is 20.8 Å². The second kappa shape index (κ2) is 6.79. The molecule has 1 amide bonds. The van der Waals surface area contributed by atoms with Gasteiger partial charge in [-0.15, -0.1) is 0 Å². The molecule has 0 aliphatic carbocycles. The lowest BCUT2D eigenvalue weighted by atomic mass is 10.2. The summed E-state index contributed by atoms with van der Waals surface area (Å²) in [6.07, 6.45) is 0.854. The van der Waals surface area contributed by atoms with E-state index < -0.39 is 0 Å². The van der Waals surface area contributed by atoms with Crippen molar-refractivity contribution >= 4 is 5.91 Å². The van der Waals surface area contributed by atoms with Crippen LogP contribution in [0.25, 0.3) is 5.82 Å². The van der Waals surface area contributed by atoms with Crippen LogP contribution in [0.1, 0.15) is 40.9 Å². The van der Waals surface area contributed by atoms with E-state index in [0.29, 0.717) is 24.5 Å². The van der Waals surface area contributed by atoms with Crippen molar-refractivity contribution in [3.05, 3.63) is 34.8 Å². The van der Waals surface area contributed by atoms with Gasteiger partial charge in [0.05, 0.1) is 12.2 Å². The Balaban J connectivity index is 2.38. The van der Waals surface area contributed by atoms with Gasteiger partial charge in [0.15, 0.2) is 5.82 Å². The zero-order valence-corrected chi connectivity index (χ0v) is 13.6. The van der Waals surface area contributed by atoms with Crippen molar-refractivity contribution in [2.45, 2.75) is 34.1 Å². The average molecular weight is 305 g/mol. The summed E-state index contributed by atoms with van der Waals surface area (Å²) in [5.41, 5.74) is 2.39. The van der Waals surface area contributed by atoms with Crippen LogP contribution in [0.5, 0.6) is 0 Å². The highest BCUT2D eigenvalue weighted by atomic mass is 16.5. The molecule has 2 rings (SSSR count). The molecule has 22 heavy (non-hydrogen) atoms. The molecule has 0 radical (unpaired) electrons. The number of carbonyl (C=O) groups is 1. The number of nitrogens with zero attached hydrogens (tertiary/aromatic N) is 3. The Bertz CT molecular complexity index is 652. The molecule has 0 aromatic carbocycles. The number of aryl methyl sites for hydroxylation is 2. The van der Waals surface area contributed by atoms with Gasteiger partial charge in [-0.2, -0.15) is 0 Å². The largest absolute Gasteiger partial charge is 0.395 e. The van der Waals surface area contributed by atoms with Crippen molar-refractivity contribution in [2.24, 2.45) is 0 Å². The summed E-state index contributed by atoms with van der Waals surface area (Å²) in [5.74, 6) is 1.34. The minimum atomic E-state index is -0.0598. The third-order valence-electron chi connectivity index (χ3n) is 3.66. The Morgan fingerprint density at radius 1 is 1.32 bits per heavy atom. The Morgan fingerprint density at radius 3 is 2.59 bits per heavy atom. The number of aliphatic hydroxyl groups is 1. The van der Waals surface area contributed by atoms with Crippen molar-refractivity contribution in [3.8, 4) is 5.82 Å². The van der Waals surface area contributed by atoms with E-state index in [-0.39, 0.29) is 12.5 Å². The fraction of sp³-hybridized carbons (Fsp3) is 0.500. The molecule has 0 aliphatic rings. The minimum absolute atomic E-state index is 0.0348. The zero-order valence-electron chi connectivity index (χ0n) is 13.6. The molecule has 6 heteroatoms. The maximum atomic E-state index is 12.7. The minimum Gasteiger partial charge on any atom is -0.395 e. The second-order valence-electron chi connectivity index (χ2n) is 5.43. The molecule has 0 unspecified atom stereocenters. The molecule has 0 saturated heterocycles. The smallest absolute Gasteiger partial charge is 0.255 e. The Labute approximate surface area is 130 Å². The number of amides is 1. The van der Waals surface area contributed by atoms with Crippen molar-refractivity contribution < 1.29 is 14.4 Å². The first-order valence-electron chi connectivity index (χ1n) is 7.52. The molecule has 0 bridgehead atoms. The molecular formula is C16H23N3O3. The first-order valence-corrected chi connectivity index (χ1v) is 7.52. The quantitative estimate of drug-likeness (QED) is 0.888. The summed E-state index contributed by atoms with van der Waals surface area (Å²) < 4.78 is 7.03. The maximum Gasteiger partial charge on any atom is 0.255 e. The molecule has 0 aliphatic heterocycles. The molecule has 2 aromatic rings. The molecule has 0 atom stereocenters. The van der Waals surface area contributed by atoms with E-state index in [0.717, 1.165) is 23.6 Å². The maximum absolute atomic E-state index is 12.7. The predicted molar refractivity (Wildman–Crippen MR) is 83.3 cm³/mol. The van der Waals surface area contributed by atoms with Crippen LogP contribution in [0.4, 0.5) is 0 Å². The lowest BCUT2D eigenvalue weighted by molar-refractivity contribution is 0.0721. The number of rotatable bonds is 6. The Morgan fingerprint density at radius 2 is 2.05 bits per heavy atom. The van der Waals surface area contributed by atoms with Crippen molar-refractivity contribution in [1.29, 1.82) is 0 Å². The molecule has 120 valence electrons. The molecule has 1 N–H and O–H groups in total. The van der Waals surface area contributed by atoms with Gasteiger partial charge in [0.25, 0.3) is 5.91 Å². The van der Waals surface area contributed by atoms with Gasteiger partial charge in [-0.3, -0.25) is 9.36 Å². The fourth-order valence-corrected chi connectivity index (χ4v) is 2.67. The van der Waals surface area contributed by atoms with Gasteiger partial charge in [-0.1, -0.05) is 12.1 Å². The first-order chi connectivity index (χ1) is 10.5. The van der Waals surface area contributed by atoms with E-state index >= 15 is 0 Å². The summed E-state index contributed by atoms with van der Waals surface area (Å²) in [4.78, 5) is 14.4. The van der Waals surface area contributed by atoms with Crippen LogP contribution in [0.2, 0.25) is 0 Å². The third-order valence-corrected chi connectivity index (χ3v) is 3.66. The molecule has 0 spiro atoms. The Hall–Kier alpha value is -2.08. The number of aromatic nitrogens is 2. The molecule has 6 nitrogen and oxygen atoms in total. The summed E-state index contributed by atoms with van der Waals surface area (Å²) in [6.45, 7) is 8.62. The second-order valence-corrected chi connectivity index (χ2v) is 5.43. The fourth-order valence-electron chi connectivity index (χ4n) is 2.67. The summed E-state index contributed by atoms with van der Waals surface area (Å²) in [7, 11) is 0. The monoisotopic (exact) mass is 305 g/mol. The van der Waals surface area contributed by atoms with Crippen molar-refractivity contribution in [2.75, 3.05) is 19.7 Å². The standard InChI is InChI=1S/C16H23N3O3/c1-5-6-18(7-8-20)16(21)14-9-11(2)19(13(14)4)15-10-12(3)22-17-15/h9-10,20H,5-8H2,1-4H3. The van der Waals surface area contributed by atoms with Crippen LogP contribution in [-0.4, -0.2) is 45.3 Å². The number of hydrogen-bond donors (Lipinski definition) is 1. The van der Waals surface area contributed by atoms with Crippen molar-refractivity contribution in [1.82, 2.24) is 14.6 Å². The van der Waals surface area contributed by atoms with Gasteiger partial charge in [-0.05, 0) is 33.3 Å². The van der Waals surface area contributed by atoms with Crippen LogP contribution in [0.15, 0.2) is 16.7 Å². The Kier molecular flexibility index (Phi) is 5.03. The summed E-state index contributed by atoms with van der Waals surface area (Å²) >= 11 is 0. The van der Waals surface area contributed by atoms with E-state index in [1.54, 1.807) is 4.90 Å². The normalized spacial score (nSPS) is 11.0. The van der Waals surface area contributed by atoms with E-state index in [1.807, 2.05) is 44.4 Å². The van der Waals surface area contributed by atoms with E-state index in [2.05, 4.69) is 5.16 Å². The lowest BCUT2D eigenvalue weighted by Crippen LogP contribution is -2.34. The molecular weight excluding hydrogens is 282 g/mol. The first kappa shape index (κ1) is 16.3. The summed E-state index contributed by atoms with van der Waals surface area (Å²) in [5, 5.41) is 13.2. The van der Waals surface area contributed by atoms with Crippen LogP contribution in [-0.2, 0) is 0 Å². The highest BCUT2D eigenvalue weighted by Crippen LogP contribution is 2.22. The number of aliphatic hydroxyl groups excluding tert-OH is 1. The van der Waals surface area contributed by atoms with Crippen LogP contribution < -0.4 is 0 Å². The lowest BCUT2D eigenvalue weighted by Gasteiger charge is -2.21. The molecule has 2 aromatic heterocycles. The van der Waals surface area contributed by atoms with Gasteiger partial charge < -0.3 is 14.5 Å². The van der Waals surface area contributed by atoms with Gasteiger partial charge in [-0.25, -0.2) is 0 Å². The highest BCUT2D eigenvalue weighted by molar-refractivity contribution is 5.96. The molecule has 2 heterocycles.